The summed E-state index contributed by atoms with van der Waals surface area (Å²) < 4.78 is 25.6. The largest absolute Gasteiger partial charge is 0.497 e. The van der Waals surface area contributed by atoms with Crippen molar-refractivity contribution in [3.05, 3.63) is 23.3 Å². The van der Waals surface area contributed by atoms with Gasteiger partial charge in [0.15, 0.2) is 0 Å². The molecule has 2 atom stereocenters. The Kier molecular flexibility index (Phi) is 10.1. The second-order valence-corrected chi connectivity index (χ2v) is 11.0. The first kappa shape index (κ1) is 27.6. The third kappa shape index (κ3) is 7.25. The molecule has 2 saturated heterocycles. The zero-order chi connectivity index (χ0) is 25.5. The van der Waals surface area contributed by atoms with Crippen LogP contribution < -0.4 is 4.74 Å². The van der Waals surface area contributed by atoms with E-state index in [1.165, 1.54) is 12.8 Å². The second kappa shape index (κ2) is 12.8. The van der Waals surface area contributed by atoms with Crippen molar-refractivity contribution in [3.8, 4) is 5.75 Å². The first-order valence-electron chi connectivity index (χ1n) is 12.3. The van der Waals surface area contributed by atoms with Crippen molar-refractivity contribution in [3.63, 3.8) is 0 Å². The highest BCUT2D eigenvalue weighted by Crippen LogP contribution is 2.25. The summed E-state index contributed by atoms with van der Waals surface area (Å²) in [4.78, 5) is 31.8. The van der Waals surface area contributed by atoms with Gasteiger partial charge in [0, 0.05) is 33.7 Å². The molecular weight excluding hydrogens is 468 g/mol. The first-order valence-corrected chi connectivity index (χ1v) is 13.4. The van der Waals surface area contributed by atoms with Crippen LogP contribution in [0.5, 0.6) is 5.75 Å². The van der Waals surface area contributed by atoms with Crippen LogP contribution in [0.3, 0.4) is 0 Å². The molecule has 2 heterocycles. The molecule has 2 amide bonds. The van der Waals surface area contributed by atoms with Gasteiger partial charge >= 0.3 is 0 Å². The summed E-state index contributed by atoms with van der Waals surface area (Å²) >= 11 is 0. The third-order valence-electron chi connectivity index (χ3n) is 6.92. The van der Waals surface area contributed by atoms with Gasteiger partial charge in [-0.05, 0) is 69.5 Å². The van der Waals surface area contributed by atoms with Crippen LogP contribution in [-0.4, -0.2) is 115 Å². The van der Waals surface area contributed by atoms with E-state index in [9.17, 15) is 13.8 Å². The smallest absolute Gasteiger partial charge is 0.248 e. The molecule has 0 bridgehead atoms. The first-order chi connectivity index (χ1) is 16.7. The number of ether oxygens (including phenoxy) is 2. The molecule has 2 fully saturated rings. The summed E-state index contributed by atoms with van der Waals surface area (Å²) in [6, 6.07) is 3.77. The highest BCUT2D eigenvalue weighted by atomic mass is 32.2. The Morgan fingerprint density at radius 2 is 1.77 bits per heavy atom. The Morgan fingerprint density at radius 1 is 1.11 bits per heavy atom. The number of aryl methyl sites for hydroxylation is 2. The average Bonchev–Trinajstić information content (AvgIpc) is 3.52. The zero-order valence-corrected chi connectivity index (χ0v) is 22.6. The van der Waals surface area contributed by atoms with E-state index in [2.05, 4.69) is 4.90 Å². The molecule has 10 heteroatoms. The number of likely N-dealkylation sites (N-methyl/N-ethyl adjacent to an activating group) is 2. The molecule has 2 aliphatic heterocycles. The molecule has 0 spiro atoms. The van der Waals surface area contributed by atoms with Gasteiger partial charge < -0.3 is 19.3 Å². The van der Waals surface area contributed by atoms with Gasteiger partial charge in [-0.1, -0.05) is 0 Å². The molecule has 1 aromatic rings. The van der Waals surface area contributed by atoms with Crippen molar-refractivity contribution < 1.29 is 23.3 Å². The topological polar surface area (TPSA) is 82.6 Å². The normalized spacial score (nSPS) is 19.4. The van der Waals surface area contributed by atoms with E-state index < -0.39 is 11.0 Å². The third-order valence-corrected chi connectivity index (χ3v) is 8.66. The minimum Gasteiger partial charge on any atom is -0.497 e. The lowest BCUT2D eigenvalue weighted by Crippen LogP contribution is -2.43. The van der Waals surface area contributed by atoms with Crippen molar-refractivity contribution in [1.82, 2.24) is 19.0 Å². The lowest BCUT2D eigenvalue weighted by molar-refractivity contribution is -0.137. The minimum atomic E-state index is -1.34. The van der Waals surface area contributed by atoms with E-state index in [0.717, 1.165) is 41.3 Å². The Balaban J connectivity index is 1.39. The summed E-state index contributed by atoms with van der Waals surface area (Å²) in [6.07, 6.45) is 3.12. The van der Waals surface area contributed by atoms with Crippen molar-refractivity contribution in [2.45, 2.75) is 44.0 Å². The molecule has 0 radical (unpaired) electrons. The maximum Gasteiger partial charge on any atom is 0.248 e. The summed E-state index contributed by atoms with van der Waals surface area (Å²) in [5.74, 6) is 0.801. The van der Waals surface area contributed by atoms with Crippen LogP contribution in [0, 0.1) is 13.8 Å². The number of amides is 2. The number of likely N-dealkylation sites (tertiary alicyclic amines) is 2. The number of hydrogen-bond donors (Lipinski definition) is 0. The molecule has 0 N–H and O–H groups in total. The fourth-order valence-electron chi connectivity index (χ4n) is 4.72. The van der Waals surface area contributed by atoms with E-state index in [4.69, 9.17) is 9.47 Å². The van der Waals surface area contributed by atoms with Crippen molar-refractivity contribution in [2.75, 3.05) is 73.7 Å². The van der Waals surface area contributed by atoms with Crippen LogP contribution in [0.1, 0.15) is 30.4 Å². The van der Waals surface area contributed by atoms with Crippen LogP contribution in [0.2, 0.25) is 0 Å². The van der Waals surface area contributed by atoms with E-state index in [0.29, 0.717) is 32.8 Å². The molecule has 2 aliphatic rings. The number of nitrogens with zero attached hydrogens (tertiary/aromatic N) is 4. The number of carbonyl (C=O) groups is 2. The van der Waals surface area contributed by atoms with Crippen molar-refractivity contribution in [1.29, 1.82) is 0 Å². The number of methoxy groups -OCH3 is 1. The lowest BCUT2D eigenvalue weighted by atomic mass is 10.1. The predicted octanol–water partition coefficient (Wildman–Crippen LogP) is 1.44. The van der Waals surface area contributed by atoms with Gasteiger partial charge in [0.1, 0.15) is 23.3 Å². The molecule has 9 nitrogen and oxygen atoms in total. The Labute approximate surface area is 211 Å². The summed E-state index contributed by atoms with van der Waals surface area (Å²) in [7, 11) is 3.84. The molecule has 1 unspecified atom stereocenters. The highest BCUT2D eigenvalue weighted by molar-refractivity contribution is 7.82. The molecule has 3 rings (SSSR count). The Bertz CT molecular complexity index is 898. The summed E-state index contributed by atoms with van der Waals surface area (Å²) in [5.41, 5.74) is 1.82. The lowest BCUT2D eigenvalue weighted by Gasteiger charge is -2.26. The second-order valence-electron chi connectivity index (χ2n) is 9.51. The van der Waals surface area contributed by atoms with E-state index in [-0.39, 0.29) is 24.5 Å². The zero-order valence-electron chi connectivity index (χ0n) is 21.7. The quantitative estimate of drug-likeness (QED) is 0.421. The average molecular weight is 509 g/mol. The van der Waals surface area contributed by atoms with Crippen molar-refractivity contribution >= 4 is 22.8 Å². The van der Waals surface area contributed by atoms with Gasteiger partial charge in [-0.15, -0.1) is 0 Å². The number of benzene rings is 1. The summed E-state index contributed by atoms with van der Waals surface area (Å²) in [5, 5.41) is 0. The number of carbonyl (C=O) groups excluding carboxylic acids is 2. The molecule has 196 valence electrons. The fraction of sp³-hybridized carbons (Fsp3) is 0.680. The van der Waals surface area contributed by atoms with Gasteiger partial charge in [-0.3, -0.25) is 14.5 Å². The van der Waals surface area contributed by atoms with Crippen LogP contribution in [0.25, 0.3) is 0 Å². The number of rotatable bonds is 11. The van der Waals surface area contributed by atoms with Gasteiger partial charge in [0.2, 0.25) is 11.8 Å². The molecule has 0 saturated carbocycles. The maximum absolute atomic E-state index is 13.0. The maximum atomic E-state index is 13.0. The van der Waals surface area contributed by atoms with Gasteiger partial charge in [0.05, 0.1) is 31.2 Å². The molecule has 0 aliphatic carbocycles. The van der Waals surface area contributed by atoms with Gasteiger partial charge in [-0.2, -0.15) is 0 Å². The van der Waals surface area contributed by atoms with Gasteiger partial charge in [0.25, 0.3) is 0 Å². The minimum absolute atomic E-state index is 0.0184. The molecule has 1 aromatic carbocycles. The molecule has 35 heavy (non-hydrogen) atoms. The van der Waals surface area contributed by atoms with Crippen LogP contribution >= 0.6 is 0 Å². The number of hydrogen-bond acceptors (Lipinski definition) is 6. The summed E-state index contributed by atoms with van der Waals surface area (Å²) in [6.45, 7) is 8.29. The highest BCUT2D eigenvalue weighted by Gasteiger charge is 2.31. The fourth-order valence-corrected chi connectivity index (χ4v) is 5.94. The molecular formula is C25H40N4O5S. The van der Waals surface area contributed by atoms with Crippen LogP contribution in [0.15, 0.2) is 17.0 Å². The predicted molar refractivity (Wildman–Crippen MR) is 136 cm³/mol. The van der Waals surface area contributed by atoms with Crippen molar-refractivity contribution in [2.24, 2.45) is 0 Å². The van der Waals surface area contributed by atoms with Crippen LogP contribution in [0.4, 0.5) is 0 Å². The van der Waals surface area contributed by atoms with Gasteiger partial charge in [-0.25, -0.2) is 8.51 Å². The SMILES string of the molecule is COc1cc(C)c(S(=O)N(C)CCOCC(=O)N(C)[C@H]2CCN(C(=O)CN3CCCC3)C2)c(C)c1. The monoisotopic (exact) mass is 508 g/mol. The Hall–Kier alpha value is -2.01. The van der Waals surface area contributed by atoms with E-state index in [1.54, 1.807) is 30.4 Å². The van der Waals surface area contributed by atoms with E-state index in [1.807, 2.05) is 30.9 Å². The van der Waals surface area contributed by atoms with Crippen LogP contribution in [-0.2, 0) is 25.3 Å². The van der Waals surface area contributed by atoms with E-state index >= 15 is 0 Å². The molecule has 0 aromatic heterocycles. The Morgan fingerprint density at radius 3 is 2.40 bits per heavy atom. The standard InChI is InChI=1S/C25H40N4O5S/c1-19-14-22(33-5)15-20(2)25(19)35(32)26(3)12-13-34-18-24(31)27(4)21-8-11-29(16-21)23(30)17-28-9-6-7-10-28/h14-15,21H,6-13,16-18H2,1-5H3/t21-,35?/m0/s1.